The van der Waals surface area contributed by atoms with Gasteiger partial charge in [-0.05, 0) is 68.4 Å². The van der Waals surface area contributed by atoms with Gasteiger partial charge in [-0.25, -0.2) is 13.1 Å². The highest BCUT2D eigenvalue weighted by Gasteiger charge is 2.24. The molecule has 0 fully saturated rings. The van der Waals surface area contributed by atoms with Crippen LogP contribution in [0.4, 0.5) is 0 Å². The summed E-state index contributed by atoms with van der Waals surface area (Å²) in [6, 6.07) is -0.187. The largest absolute Gasteiger partial charge is 0.326 e. The first-order valence-corrected chi connectivity index (χ1v) is 8.81. The normalized spacial score (nSPS) is 13.8. The number of hydrogen-bond donors (Lipinski definition) is 2. The summed E-state index contributed by atoms with van der Waals surface area (Å²) in [7, 11) is -3.54. The molecule has 0 radical (unpaired) electrons. The van der Waals surface area contributed by atoms with Gasteiger partial charge < -0.3 is 5.73 Å². The van der Waals surface area contributed by atoms with Crippen LogP contribution in [0.1, 0.15) is 41.7 Å². The van der Waals surface area contributed by atoms with Crippen molar-refractivity contribution < 1.29 is 8.42 Å². The van der Waals surface area contributed by atoms with Gasteiger partial charge in [-0.1, -0.05) is 13.8 Å². The molecule has 5 heteroatoms. The third kappa shape index (κ3) is 3.65. The van der Waals surface area contributed by atoms with Crippen molar-refractivity contribution in [3.8, 4) is 0 Å². The Bertz CT molecular complexity index is 605. The van der Waals surface area contributed by atoms with E-state index in [0.29, 0.717) is 4.90 Å². The van der Waals surface area contributed by atoms with Crippen LogP contribution in [0.3, 0.4) is 0 Å². The lowest BCUT2D eigenvalue weighted by molar-refractivity contribution is 0.481. The van der Waals surface area contributed by atoms with E-state index in [1.165, 1.54) is 0 Å². The fourth-order valence-electron chi connectivity index (χ4n) is 2.38. The summed E-state index contributed by atoms with van der Waals surface area (Å²) in [5.74, 6) is 0.233. The first kappa shape index (κ1) is 18.1. The molecule has 0 saturated carbocycles. The van der Waals surface area contributed by atoms with Crippen LogP contribution in [0.15, 0.2) is 4.90 Å². The van der Waals surface area contributed by atoms with Crippen molar-refractivity contribution in [2.75, 3.05) is 6.54 Å². The van der Waals surface area contributed by atoms with Crippen molar-refractivity contribution >= 4 is 10.0 Å². The molecule has 0 bridgehead atoms. The van der Waals surface area contributed by atoms with Crippen molar-refractivity contribution in [1.29, 1.82) is 0 Å². The minimum atomic E-state index is -3.54. The minimum absolute atomic E-state index is 0.187. The molecule has 1 atom stereocenters. The third-order valence-corrected chi connectivity index (χ3v) is 6.26. The summed E-state index contributed by atoms with van der Waals surface area (Å²) in [6.45, 7) is 13.9. The molecule has 0 aliphatic carbocycles. The van der Waals surface area contributed by atoms with Gasteiger partial charge in [0.2, 0.25) is 10.0 Å². The number of nitrogens with two attached hydrogens (primary N) is 1. The van der Waals surface area contributed by atoms with Crippen LogP contribution >= 0.6 is 0 Å². The molecule has 1 aromatic carbocycles. The zero-order chi connectivity index (χ0) is 16.5. The Morgan fingerprint density at radius 1 is 0.905 bits per heavy atom. The van der Waals surface area contributed by atoms with E-state index in [1.54, 1.807) is 0 Å². The van der Waals surface area contributed by atoms with E-state index in [1.807, 2.05) is 48.5 Å². The maximum absolute atomic E-state index is 12.6. The monoisotopic (exact) mass is 312 g/mol. The molecule has 0 aromatic heterocycles. The molecule has 3 N–H and O–H groups in total. The Morgan fingerprint density at radius 2 is 1.29 bits per heavy atom. The average Bonchev–Trinajstić information content (AvgIpc) is 2.40. The molecule has 1 rings (SSSR count). The Hall–Kier alpha value is -0.910. The van der Waals surface area contributed by atoms with Crippen molar-refractivity contribution in [2.24, 2.45) is 11.7 Å². The van der Waals surface area contributed by atoms with Gasteiger partial charge in [0.05, 0.1) is 4.90 Å². The van der Waals surface area contributed by atoms with Crippen LogP contribution in [0.2, 0.25) is 0 Å². The number of rotatable bonds is 5. The van der Waals surface area contributed by atoms with Crippen LogP contribution in [0.25, 0.3) is 0 Å². The highest BCUT2D eigenvalue weighted by molar-refractivity contribution is 7.89. The Kier molecular flexibility index (Phi) is 5.58. The van der Waals surface area contributed by atoms with Crippen LogP contribution in [-0.2, 0) is 10.0 Å². The molecule has 1 aromatic rings. The number of benzene rings is 1. The van der Waals surface area contributed by atoms with Crippen molar-refractivity contribution in [1.82, 2.24) is 4.72 Å². The second-order valence-corrected chi connectivity index (χ2v) is 7.92. The summed E-state index contributed by atoms with van der Waals surface area (Å²) in [5, 5.41) is 0. The Balaban J connectivity index is 3.27. The zero-order valence-corrected chi connectivity index (χ0v) is 15.0. The third-order valence-electron chi connectivity index (χ3n) is 4.57. The number of nitrogens with one attached hydrogen (secondary N) is 1. The fourth-order valence-corrected chi connectivity index (χ4v) is 4.05. The molecular weight excluding hydrogens is 284 g/mol. The lowest BCUT2D eigenvalue weighted by atomic mass is 9.95. The quantitative estimate of drug-likeness (QED) is 0.877. The van der Waals surface area contributed by atoms with Crippen LogP contribution in [-0.4, -0.2) is 21.0 Å². The maximum Gasteiger partial charge on any atom is 0.241 e. The Labute approximate surface area is 129 Å². The SMILES string of the molecule is Cc1c(C)c(C)c(S(=O)(=O)NCC(N)C(C)C)c(C)c1C. The minimum Gasteiger partial charge on any atom is -0.326 e. The van der Waals surface area contributed by atoms with Gasteiger partial charge in [-0.15, -0.1) is 0 Å². The molecule has 0 amide bonds. The second kappa shape index (κ2) is 6.46. The molecule has 120 valence electrons. The standard InChI is InChI=1S/C16H28N2O2S/c1-9(2)15(17)8-18-21(19,20)16-13(6)11(4)10(3)12(5)14(16)7/h9,15,18H,8,17H2,1-7H3. The lowest BCUT2D eigenvalue weighted by Gasteiger charge is -2.21. The summed E-state index contributed by atoms with van der Waals surface area (Å²) < 4.78 is 28.0. The maximum atomic E-state index is 12.6. The van der Waals surface area contributed by atoms with Gasteiger partial charge in [0.1, 0.15) is 0 Å². The summed E-state index contributed by atoms with van der Waals surface area (Å²) in [4.78, 5) is 0.402. The lowest BCUT2D eigenvalue weighted by Crippen LogP contribution is -2.40. The molecule has 4 nitrogen and oxygen atoms in total. The fraction of sp³-hybridized carbons (Fsp3) is 0.625. The van der Waals surface area contributed by atoms with Gasteiger partial charge in [0, 0.05) is 12.6 Å². The molecule has 0 aliphatic rings. The average molecular weight is 312 g/mol. The van der Waals surface area contributed by atoms with E-state index in [4.69, 9.17) is 5.73 Å². The summed E-state index contributed by atoms with van der Waals surface area (Å²) in [6.07, 6.45) is 0. The molecule has 1 unspecified atom stereocenters. The molecule has 0 heterocycles. The molecule has 0 saturated heterocycles. The summed E-state index contributed by atoms with van der Waals surface area (Å²) in [5.41, 5.74) is 10.8. The van der Waals surface area contributed by atoms with Gasteiger partial charge in [-0.3, -0.25) is 0 Å². The van der Waals surface area contributed by atoms with E-state index in [-0.39, 0.29) is 18.5 Å². The van der Waals surface area contributed by atoms with E-state index in [0.717, 1.165) is 27.8 Å². The van der Waals surface area contributed by atoms with Gasteiger partial charge in [0.15, 0.2) is 0 Å². The topological polar surface area (TPSA) is 72.2 Å². The van der Waals surface area contributed by atoms with Gasteiger partial charge >= 0.3 is 0 Å². The predicted molar refractivity (Wildman–Crippen MR) is 88.1 cm³/mol. The molecule has 0 aliphatic heterocycles. The van der Waals surface area contributed by atoms with Crippen LogP contribution < -0.4 is 10.5 Å². The van der Waals surface area contributed by atoms with Crippen LogP contribution in [0, 0.1) is 40.5 Å². The Morgan fingerprint density at radius 3 is 1.67 bits per heavy atom. The highest BCUT2D eigenvalue weighted by Crippen LogP contribution is 2.29. The first-order valence-electron chi connectivity index (χ1n) is 7.32. The van der Waals surface area contributed by atoms with E-state index in [9.17, 15) is 8.42 Å². The van der Waals surface area contributed by atoms with Crippen LogP contribution in [0.5, 0.6) is 0 Å². The molecule has 0 spiro atoms. The summed E-state index contributed by atoms with van der Waals surface area (Å²) >= 11 is 0. The smallest absolute Gasteiger partial charge is 0.241 e. The first-order chi connectivity index (χ1) is 9.50. The van der Waals surface area contributed by atoms with Crippen molar-refractivity contribution in [2.45, 2.75) is 59.4 Å². The van der Waals surface area contributed by atoms with Crippen molar-refractivity contribution in [3.05, 3.63) is 27.8 Å². The molecular formula is C16H28N2O2S. The van der Waals surface area contributed by atoms with E-state index < -0.39 is 10.0 Å². The van der Waals surface area contributed by atoms with Gasteiger partial charge in [0.25, 0.3) is 0 Å². The van der Waals surface area contributed by atoms with E-state index in [2.05, 4.69) is 4.72 Å². The zero-order valence-electron chi connectivity index (χ0n) is 14.2. The predicted octanol–water partition coefficient (Wildman–Crippen LogP) is 2.49. The molecule has 21 heavy (non-hydrogen) atoms. The number of sulfonamides is 1. The second-order valence-electron chi connectivity index (χ2n) is 6.21. The van der Waals surface area contributed by atoms with Crippen molar-refractivity contribution in [3.63, 3.8) is 0 Å². The highest BCUT2D eigenvalue weighted by atomic mass is 32.2. The number of hydrogen-bond acceptors (Lipinski definition) is 3. The van der Waals surface area contributed by atoms with E-state index >= 15 is 0 Å². The van der Waals surface area contributed by atoms with Gasteiger partial charge in [-0.2, -0.15) is 0 Å².